The third-order valence-electron chi connectivity index (χ3n) is 16.5. The highest BCUT2D eigenvalue weighted by Crippen LogP contribution is 2.20. The van der Waals surface area contributed by atoms with Gasteiger partial charge in [0, 0.05) is 6.42 Å². The van der Waals surface area contributed by atoms with E-state index >= 15 is 0 Å². The molecular formula is C69H137NO3. The van der Waals surface area contributed by atoms with Crippen molar-refractivity contribution in [1.29, 1.82) is 0 Å². The van der Waals surface area contributed by atoms with E-state index in [0.717, 1.165) is 25.7 Å². The van der Waals surface area contributed by atoms with Crippen LogP contribution in [0.25, 0.3) is 0 Å². The van der Waals surface area contributed by atoms with Crippen molar-refractivity contribution in [3.05, 3.63) is 12.2 Å². The molecule has 0 aromatic rings. The zero-order chi connectivity index (χ0) is 52.7. The molecule has 436 valence electrons. The number of nitrogens with one attached hydrogen (secondary N) is 1. The quantitative estimate of drug-likeness (QED) is 0.0420. The minimum Gasteiger partial charge on any atom is -0.394 e. The second-order valence-corrected chi connectivity index (χ2v) is 24.0. The molecule has 2 unspecified atom stereocenters. The number of carbonyl (C=O) groups is 1. The molecule has 0 aliphatic heterocycles. The van der Waals surface area contributed by atoms with Crippen LogP contribution < -0.4 is 5.32 Å². The Labute approximate surface area is 460 Å². The van der Waals surface area contributed by atoms with Crippen molar-refractivity contribution in [2.24, 2.45) is 0 Å². The molecule has 0 spiro atoms. The van der Waals surface area contributed by atoms with E-state index in [1.54, 1.807) is 6.08 Å². The molecule has 0 heterocycles. The molecule has 0 fully saturated rings. The van der Waals surface area contributed by atoms with Crippen LogP contribution in [0, 0.1) is 0 Å². The molecule has 0 aromatic carbocycles. The summed E-state index contributed by atoms with van der Waals surface area (Å²) in [5.41, 5.74) is 0. The number of aliphatic hydroxyl groups excluding tert-OH is 2. The summed E-state index contributed by atoms with van der Waals surface area (Å²) in [6.45, 7) is 4.37. The number of hydrogen-bond donors (Lipinski definition) is 3. The van der Waals surface area contributed by atoms with Crippen molar-refractivity contribution in [3.8, 4) is 0 Å². The van der Waals surface area contributed by atoms with E-state index in [-0.39, 0.29) is 12.5 Å². The van der Waals surface area contributed by atoms with Crippen molar-refractivity contribution in [2.75, 3.05) is 6.61 Å². The number of rotatable bonds is 65. The van der Waals surface area contributed by atoms with Gasteiger partial charge in [-0.3, -0.25) is 4.79 Å². The van der Waals surface area contributed by atoms with Crippen LogP contribution in [-0.2, 0) is 4.79 Å². The number of amides is 1. The van der Waals surface area contributed by atoms with Gasteiger partial charge < -0.3 is 15.5 Å². The number of aliphatic hydroxyl groups is 2. The van der Waals surface area contributed by atoms with Crippen molar-refractivity contribution >= 4 is 5.91 Å². The standard InChI is InChI=1S/C69H137NO3/c1-3-5-7-9-11-13-15-17-19-21-23-25-27-29-30-31-32-33-34-35-36-37-38-39-41-43-45-47-49-51-53-55-57-59-61-63-65-69(73)70-67(66-71)68(72)64-62-60-58-56-54-52-50-48-46-44-42-40-28-26-24-22-20-18-16-14-12-10-8-6-4-2/h62,64,67-68,71-72H,3-61,63,65-66H2,1-2H3,(H,70,73)/b64-62+. The monoisotopic (exact) mass is 1030 g/mol. The third kappa shape index (κ3) is 61.9. The van der Waals surface area contributed by atoms with E-state index in [2.05, 4.69) is 19.2 Å². The Balaban J connectivity index is 3.38. The normalized spacial score (nSPS) is 12.7. The van der Waals surface area contributed by atoms with Crippen molar-refractivity contribution in [2.45, 2.75) is 418 Å². The molecule has 0 aliphatic carbocycles. The van der Waals surface area contributed by atoms with Crippen molar-refractivity contribution < 1.29 is 15.0 Å². The third-order valence-corrected chi connectivity index (χ3v) is 16.5. The van der Waals surface area contributed by atoms with Gasteiger partial charge in [0.2, 0.25) is 5.91 Å². The fraction of sp³-hybridized carbons (Fsp3) is 0.957. The molecule has 4 heteroatoms. The van der Waals surface area contributed by atoms with E-state index in [4.69, 9.17) is 0 Å². The lowest BCUT2D eigenvalue weighted by molar-refractivity contribution is -0.123. The smallest absolute Gasteiger partial charge is 0.220 e. The van der Waals surface area contributed by atoms with Gasteiger partial charge in [0.25, 0.3) is 0 Å². The summed E-state index contributed by atoms with van der Waals surface area (Å²) in [6, 6.07) is -0.619. The Hall–Kier alpha value is -0.870. The highest BCUT2D eigenvalue weighted by atomic mass is 16.3. The molecule has 0 rings (SSSR count). The van der Waals surface area contributed by atoms with Crippen molar-refractivity contribution in [3.63, 3.8) is 0 Å². The molecule has 73 heavy (non-hydrogen) atoms. The number of allylic oxidation sites excluding steroid dienone is 1. The molecule has 3 N–H and O–H groups in total. The van der Waals surface area contributed by atoms with Crippen molar-refractivity contribution in [1.82, 2.24) is 5.32 Å². The first-order valence-electron chi connectivity index (χ1n) is 34.4. The van der Waals surface area contributed by atoms with Crippen LogP contribution in [0.2, 0.25) is 0 Å². The first-order chi connectivity index (χ1) is 36.2. The minimum atomic E-state index is -0.837. The summed E-state index contributed by atoms with van der Waals surface area (Å²) in [5, 5.41) is 23.3. The molecule has 0 radical (unpaired) electrons. The Morgan fingerprint density at radius 3 is 0.712 bits per heavy atom. The van der Waals surface area contributed by atoms with Crippen LogP contribution in [-0.4, -0.2) is 34.9 Å². The van der Waals surface area contributed by atoms with Gasteiger partial charge in [-0.1, -0.05) is 392 Å². The summed E-state index contributed by atoms with van der Waals surface area (Å²) in [5.74, 6) is -0.0533. The first-order valence-corrected chi connectivity index (χ1v) is 34.4. The number of hydrogen-bond acceptors (Lipinski definition) is 3. The zero-order valence-electron chi connectivity index (χ0n) is 50.5. The molecule has 1 amide bonds. The fourth-order valence-electron chi connectivity index (χ4n) is 11.3. The van der Waals surface area contributed by atoms with Gasteiger partial charge in [0.1, 0.15) is 0 Å². The van der Waals surface area contributed by atoms with Gasteiger partial charge in [-0.15, -0.1) is 0 Å². The molecule has 0 aliphatic rings. The number of unbranched alkanes of at least 4 members (excludes halogenated alkanes) is 58. The maximum atomic E-state index is 12.5. The predicted molar refractivity (Wildman–Crippen MR) is 327 cm³/mol. The van der Waals surface area contributed by atoms with Gasteiger partial charge in [0.05, 0.1) is 18.8 Å². The summed E-state index contributed by atoms with van der Waals surface area (Å²) in [7, 11) is 0. The Kier molecular flexibility index (Phi) is 64.6. The van der Waals surface area contributed by atoms with Crippen LogP contribution in [0.4, 0.5) is 0 Å². The maximum absolute atomic E-state index is 12.5. The molecule has 0 saturated carbocycles. The van der Waals surface area contributed by atoms with Gasteiger partial charge in [-0.05, 0) is 19.3 Å². The zero-order valence-corrected chi connectivity index (χ0v) is 50.5. The highest BCUT2D eigenvalue weighted by molar-refractivity contribution is 5.76. The molecule has 0 aromatic heterocycles. The second kappa shape index (κ2) is 65.4. The maximum Gasteiger partial charge on any atom is 0.220 e. The van der Waals surface area contributed by atoms with Crippen LogP contribution >= 0.6 is 0 Å². The van der Waals surface area contributed by atoms with E-state index in [0.29, 0.717) is 6.42 Å². The van der Waals surface area contributed by atoms with Gasteiger partial charge in [-0.25, -0.2) is 0 Å². The van der Waals surface area contributed by atoms with Crippen LogP contribution in [0.15, 0.2) is 12.2 Å². The fourth-order valence-corrected chi connectivity index (χ4v) is 11.3. The van der Waals surface area contributed by atoms with E-state index in [1.807, 2.05) is 6.08 Å². The SMILES string of the molecule is CCCCCCCCCCCCCCCCCCCCCCCCC/C=C/C(O)C(CO)NC(=O)CCCCCCCCCCCCCCCCCCCCCCCCCCCCCCCCCCCCCC. The summed E-state index contributed by atoms with van der Waals surface area (Å²) >= 11 is 0. The average molecular weight is 1030 g/mol. The molecule has 4 nitrogen and oxygen atoms in total. The number of carbonyl (C=O) groups excluding carboxylic acids is 1. The van der Waals surface area contributed by atoms with E-state index in [1.165, 1.54) is 360 Å². The predicted octanol–water partition coefficient (Wildman–Crippen LogP) is 23.2. The van der Waals surface area contributed by atoms with Gasteiger partial charge in [0.15, 0.2) is 0 Å². The summed E-state index contributed by atoms with van der Waals surface area (Å²) in [6.07, 6.45) is 87.3. The van der Waals surface area contributed by atoms with Crippen LogP contribution in [0.5, 0.6) is 0 Å². The second-order valence-electron chi connectivity index (χ2n) is 24.0. The van der Waals surface area contributed by atoms with E-state index < -0.39 is 12.1 Å². The molecule has 2 atom stereocenters. The Morgan fingerprint density at radius 2 is 0.507 bits per heavy atom. The topological polar surface area (TPSA) is 69.6 Å². The van der Waals surface area contributed by atoms with Gasteiger partial charge >= 0.3 is 0 Å². The van der Waals surface area contributed by atoms with Gasteiger partial charge in [-0.2, -0.15) is 0 Å². The lowest BCUT2D eigenvalue weighted by atomic mass is 10.0. The Bertz CT molecular complexity index is 1030. The molecule has 0 bridgehead atoms. The van der Waals surface area contributed by atoms with Crippen LogP contribution in [0.1, 0.15) is 406 Å². The summed E-state index contributed by atoms with van der Waals surface area (Å²) < 4.78 is 0. The average Bonchev–Trinajstić information content (AvgIpc) is 3.40. The lowest BCUT2D eigenvalue weighted by Gasteiger charge is -2.20. The van der Waals surface area contributed by atoms with E-state index in [9.17, 15) is 15.0 Å². The molecular weight excluding hydrogens is 891 g/mol. The lowest BCUT2D eigenvalue weighted by Crippen LogP contribution is -2.45. The Morgan fingerprint density at radius 1 is 0.315 bits per heavy atom. The highest BCUT2D eigenvalue weighted by Gasteiger charge is 2.18. The molecule has 0 saturated heterocycles. The van der Waals surface area contributed by atoms with Crippen LogP contribution in [0.3, 0.4) is 0 Å². The summed E-state index contributed by atoms with van der Waals surface area (Å²) in [4.78, 5) is 12.5. The largest absolute Gasteiger partial charge is 0.394 e. The first kappa shape index (κ1) is 72.1. The minimum absolute atomic E-state index is 0.0533.